The topological polar surface area (TPSA) is 78.9 Å². The zero-order valence-electron chi connectivity index (χ0n) is 15.1. The first-order valence-electron chi connectivity index (χ1n) is 8.46. The van der Waals surface area contributed by atoms with E-state index in [-0.39, 0.29) is 11.7 Å². The summed E-state index contributed by atoms with van der Waals surface area (Å²) in [4.78, 5) is 20.7. The molecule has 0 saturated carbocycles. The van der Waals surface area contributed by atoms with Crippen LogP contribution in [-0.4, -0.2) is 22.9 Å². The van der Waals surface area contributed by atoms with Crippen molar-refractivity contribution in [2.75, 3.05) is 23.0 Å². The van der Waals surface area contributed by atoms with Gasteiger partial charge in [-0.2, -0.15) is 4.98 Å². The molecule has 1 heterocycles. The van der Waals surface area contributed by atoms with Gasteiger partial charge >= 0.3 is 0 Å². The van der Waals surface area contributed by atoms with E-state index in [2.05, 4.69) is 25.9 Å². The lowest BCUT2D eigenvalue weighted by Gasteiger charge is -2.10. The second kappa shape index (κ2) is 8.27. The Morgan fingerprint density at radius 1 is 1.07 bits per heavy atom. The summed E-state index contributed by atoms with van der Waals surface area (Å²) >= 11 is 0. The smallest absolute Gasteiger partial charge is 0.255 e. The van der Waals surface area contributed by atoms with Crippen molar-refractivity contribution in [2.45, 2.75) is 13.5 Å². The maximum Gasteiger partial charge on any atom is 0.255 e. The van der Waals surface area contributed by atoms with E-state index in [9.17, 15) is 9.18 Å². The van der Waals surface area contributed by atoms with Crippen LogP contribution in [0.2, 0.25) is 0 Å². The SMILES string of the molecule is CNc1ncc(C)c(NCc2ccc(NC(=O)c3ccc(F)cc3)cc2)n1. The van der Waals surface area contributed by atoms with Gasteiger partial charge in [-0.1, -0.05) is 12.1 Å². The maximum absolute atomic E-state index is 12.9. The van der Waals surface area contributed by atoms with E-state index in [1.165, 1.54) is 24.3 Å². The van der Waals surface area contributed by atoms with Crippen molar-refractivity contribution in [1.82, 2.24) is 9.97 Å². The standard InChI is InChI=1S/C20H20FN5O/c1-13-11-24-20(22-2)26-18(13)23-12-14-3-9-17(10-4-14)25-19(27)15-5-7-16(21)8-6-15/h3-11H,12H2,1-2H3,(H,25,27)(H2,22,23,24,26). The van der Waals surface area contributed by atoms with Crippen LogP contribution < -0.4 is 16.0 Å². The first-order chi connectivity index (χ1) is 13.0. The third kappa shape index (κ3) is 4.78. The van der Waals surface area contributed by atoms with Crippen LogP contribution in [0.5, 0.6) is 0 Å². The molecule has 0 aliphatic carbocycles. The molecule has 3 aromatic rings. The fourth-order valence-corrected chi connectivity index (χ4v) is 2.44. The van der Waals surface area contributed by atoms with Gasteiger partial charge in [0.25, 0.3) is 5.91 Å². The largest absolute Gasteiger partial charge is 0.366 e. The monoisotopic (exact) mass is 365 g/mol. The van der Waals surface area contributed by atoms with E-state index in [1.807, 2.05) is 31.2 Å². The van der Waals surface area contributed by atoms with Gasteiger partial charge in [0, 0.05) is 36.6 Å². The average molecular weight is 365 g/mol. The molecule has 7 heteroatoms. The number of amides is 1. The van der Waals surface area contributed by atoms with Gasteiger partial charge in [0.15, 0.2) is 0 Å². The number of aromatic nitrogens is 2. The second-order valence-electron chi connectivity index (χ2n) is 5.99. The van der Waals surface area contributed by atoms with Gasteiger partial charge in [-0.3, -0.25) is 4.79 Å². The number of nitrogens with one attached hydrogen (secondary N) is 3. The number of benzene rings is 2. The number of nitrogens with zero attached hydrogens (tertiary/aromatic N) is 2. The molecule has 0 unspecified atom stereocenters. The number of aryl methyl sites for hydroxylation is 1. The van der Waals surface area contributed by atoms with Crippen molar-refractivity contribution >= 4 is 23.4 Å². The van der Waals surface area contributed by atoms with Crippen LogP contribution >= 0.6 is 0 Å². The van der Waals surface area contributed by atoms with E-state index >= 15 is 0 Å². The Kier molecular flexibility index (Phi) is 5.61. The summed E-state index contributed by atoms with van der Waals surface area (Å²) in [5.74, 6) is 0.672. The third-order valence-corrected chi connectivity index (χ3v) is 3.97. The van der Waals surface area contributed by atoms with Crippen molar-refractivity contribution in [3.8, 4) is 0 Å². The Morgan fingerprint density at radius 3 is 2.44 bits per heavy atom. The molecule has 1 amide bonds. The summed E-state index contributed by atoms with van der Waals surface area (Å²) in [5.41, 5.74) is 3.07. The summed E-state index contributed by atoms with van der Waals surface area (Å²) in [7, 11) is 1.77. The Hall–Kier alpha value is -3.48. The number of hydrogen-bond donors (Lipinski definition) is 3. The second-order valence-corrected chi connectivity index (χ2v) is 5.99. The summed E-state index contributed by atoms with van der Waals surface area (Å²) < 4.78 is 12.9. The minimum Gasteiger partial charge on any atom is -0.366 e. The molecular weight excluding hydrogens is 345 g/mol. The summed E-state index contributed by atoms with van der Waals surface area (Å²) in [6.07, 6.45) is 1.76. The highest BCUT2D eigenvalue weighted by Crippen LogP contribution is 2.16. The van der Waals surface area contributed by atoms with Gasteiger partial charge in [-0.05, 0) is 48.9 Å². The van der Waals surface area contributed by atoms with Gasteiger partial charge in [0.1, 0.15) is 11.6 Å². The Balaban J connectivity index is 1.60. The highest BCUT2D eigenvalue weighted by molar-refractivity contribution is 6.04. The molecule has 27 heavy (non-hydrogen) atoms. The van der Waals surface area contributed by atoms with E-state index in [1.54, 1.807) is 13.2 Å². The van der Waals surface area contributed by atoms with Gasteiger partial charge in [0.05, 0.1) is 0 Å². The van der Waals surface area contributed by atoms with E-state index in [4.69, 9.17) is 0 Å². The number of rotatable bonds is 6. The molecule has 0 radical (unpaired) electrons. The lowest BCUT2D eigenvalue weighted by Crippen LogP contribution is -2.12. The van der Waals surface area contributed by atoms with Crippen LogP contribution in [0.15, 0.2) is 54.7 Å². The van der Waals surface area contributed by atoms with Crippen LogP contribution in [0.1, 0.15) is 21.5 Å². The fraction of sp³-hybridized carbons (Fsp3) is 0.150. The number of halogens is 1. The van der Waals surface area contributed by atoms with E-state index in [0.717, 1.165) is 16.9 Å². The molecule has 3 N–H and O–H groups in total. The number of carbonyl (C=O) groups excluding carboxylic acids is 1. The highest BCUT2D eigenvalue weighted by atomic mass is 19.1. The molecule has 1 aromatic heterocycles. The molecule has 2 aromatic carbocycles. The molecule has 138 valence electrons. The molecule has 0 bridgehead atoms. The van der Waals surface area contributed by atoms with Crippen LogP contribution in [0.25, 0.3) is 0 Å². The molecule has 0 spiro atoms. The fourth-order valence-electron chi connectivity index (χ4n) is 2.44. The van der Waals surface area contributed by atoms with Crippen LogP contribution in [0, 0.1) is 12.7 Å². The first-order valence-corrected chi connectivity index (χ1v) is 8.46. The quantitative estimate of drug-likeness (QED) is 0.619. The van der Waals surface area contributed by atoms with Gasteiger partial charge in [-0.15, -0.1) is 0 Å². The Morgan fingerprint density at radius 2 is 1.78 bits per heavy atom. The van der Waals surface area contributed by atoms with Crippen molar-refractivity contribution in [1.29, 1.82) is 0 Å². The minimum absolute atomic E-state index is 0.280. The van der Waals surface area contributed by atoms with Gasteiger partial charge in [0.2, 0.25) is 5.95 Å². The zero-order valence-corrected chi connectivity index (χ0v) is 15.1. The molecule has 0 aliphatic rings. The zero-order chi connectivity index (χ0) is 19.2. The van der Waals surface area contributed by atoms with Crippen molar-refractivity contribution in [3.63, 3.8) is 0 Å². The number of anilines is 3. The van der Waals surface area contributed by atoms with E-state index in [0.29, 0.717) is 23.7 Å². The third-order valence-electron chi connectivity index (χ3n) is 3.97. The predicted molar refractivity (Wildman–Crippen MR) is 104 cm³/mol. The lowest BCUT2D eigenvalue weighted by molar-refractivity contribution is 0.102. The van der Waals surface area contributed by atoms with Gasteiger partial charge < -0.3 is 16.0 Å². The van der Waals surface area contributed by atoms with E-state index < -0.39 is 0 Å². The van der Waals surface area contributed by atoms with Gasteiger partial charge in [-0.25, -0.2) is 9.37 Å². The maximum atomic E-state index is 12.9. The average Bonchev–Trinajstić information content (AvgIpc) is 2.69. The Labute approximate surface area is 156 Å². The van der Waals surface area contributed by atoms with Crippen molar-refractivity contribution in [2.24, 2.45) is 0 Å². The predicted octanol–water partition coefficient (Wildman–Crippen LogP) is 3.83. The first kappa shape index (κ1) is 18.3. The molecule has 3 rings (SSSR count). The van der Waals surface area contributed by atoms with Crippen LogP contribution in [0.4, 0.5) is 21.8 Å². The molecular formula is C20H20FN5O. The molecule has 6 nitrogen and oxygen atoms in total. The van der Waals surface area contributed by atoms with Crippen LogP contribution in [-0.2, 0) is 6.54 Å². The number of hydrogen-bond acceptors (Lipinski definition) is 5. The molecule has 0 aliphatic heterocycles. The highest BCUT2D eigenvalue weighted by Gasteiger charge is 2.07. The minimum atomic E-state index is -0.371. The normalized spacial score (nSPS) is 10.3. The molecule has 0 saturated heterocycles. The lowest BCUT2D eigenvalue weighted by atomic mass is 10.1. The summed E-state index contributed by atoms with van der Waals surface area (Å²) in [6, 6.07) is 12.9. The molecule has 0 atom stereocenters. The van der Waals surface area contributed by atoms with Crippen molar-refractivity contribution < 1.29 is 9.18 Å². The van der Waals surface area contributed by atoms with Crippen molar-refractivity contribution in [3.05, 3.63) is 77.2 Å². The number of carbonyl (C=O) groups is 1. The molecule has 0 fully saturated rings. The Bertz CT molecular complexity index is 926. The van der Waals surface area contributed by atoms with Crippen LogP contribution in [0.3, 0.4) is 0 Å². The summed E-state index contributed by atoms with van der Waals surface area (Å²) in [6.45, 7) is 2.53. The summed E-state index contributed by atoms with van der Waals surface area (Å²) in [5, 5.41) is 8.99.